The van der Waals surface area contributed by atoms with Gasteiger partial charge in [0, 0.05) is 0 Å². The number of anilines is 1. The van der Waals surface area contributed by atoms with Crippen molar-refractivity contribution in [3.05, 3.63) is 53.3 Å². The number of hydrogen-bond donors (Lipinski definition) is 1. The van der Waals surface area contributed by atoms with Gasteiger partial charge in [-0.05, 0) is 36.4 Å². The number of nitrogens with zero attached hydrogens (tertiary/aromatic N) is 4. The van der Waals surface area contributed by atoms with Crippen LogP contribution in [0.25, 0.3) is 16.7 Å². The zero-order valence-electron chi connectivity index (χ0n) is 10.7. The summed E-state index contributed by atoms with van der Waals surface area (Å²) < 4.78 is 15.0. The van der Waals surface area contributed by atoms with Crippen LogP contribution in [-0.4, -0.2) is 9.55 Å². The number of nitriles is 2. The summed E-state index contributed by atoms with van der Waals surface area (Å²) in [6.45, 7) is 0. The fourth-order valence-electron chi connectivity index (χ4n) is 2.17. The molecule has 0 radical (unpaired) electrons. The average molecular weight is 277 g/mol. The SMILES string of the molecule is N#Cc1ccc2nc(N)n(-c3ccc(F)c(C#N)c3)c2c1. The van der Waals surface area contributed by atoms with Crippen molar-refractivity contribution in [3.8, 4) is 17.8 Å². The van der Waals surface area contributed by atoms with Gasteiger partial charge in [0.1, 0.15) is 11.9 Å². The molecule has 5 nitrogen and oxygen atoms in total. The zero-order valence-corrected chi connectivity index (χ0v) is 10.7. The third-order valence-electron chi connectivity index (χ3n) is 3.14. The Labute approximate surface area is 119 Å². The van der Waals surface area contributed by atoms with Crippen molar-refractivity contribution >= 4 is 17.0 Å². The molecule has 2 aromatic carbocycles. The number of hydrogen-bond acceptors (Lipinski definition) is 4. The first-order chi connectivity index (χ1) is 10.1. The van der Waals surface area contributed by atoms with E-state index in [1.54, 1.807) is 28.8 Å². The van der Waals surface area contributed by atoms with Gasteiger partial charge in [0.05, 0.1) is 33.9 Å². The van der Waals surface area contributed by atoms with Gasteiger partial charge in [0.2, 0.25) is 5.95 Å². The molecule has 3 rings (SSSR count). The quantitative estimate of drug-likeness (QED) is 0.739. The standard InChI is InChI=1S/C15H8FN5/c16-12-3-2-11(6-10(12)8-18)21-14-5-9(7-17)1-4-13(14)20-15(21)19/h1-6H,(H2,19,20). The maximum atomic E-state index is 13.4. The predicted octanol–water partition coefficient (Wildman–Crippen LogP) is 2.49. The van der Waals surface area contributed by atoms with Crippen LogP contribution in [0.3, 0.4) is 0 Å². The topological polar surface area (TPSA) is 91.4 Å². The summed E-state index contributed by atoms with van der Waals surface area (Å²) in [5.41, 5.74) is 8.05. The van der Waals surface area contributed by atoms with Crippen LogP contribution < -0.4 is 5.73 Å². The molecule has 0 aliphatic carbocycles. The summed E-state index contributed by atoms with van der Waals surface area (Å²) in [7, 11) is 0. The molecule has 0 atom stereocenters. The van der Waals surface area contributed by atoms with Crippen molar-refractivity contribution in [2.75, 3.05) is 5.73 Å². The molecule has 0 saturated heterocycles. The minimum Gasteiger partial charge on any atom is -0.369 e. The first-order valence-electron chi connectivity index (χ1n) is 6.02. The van der Waals surface area contributed by atoms with Gasteiger partial charge in [-0.1, -0.05) is 0 Å². The molecule has 0 fully saturated rings. The Balaban J connectivity index is 2.32. The second-order valence-corrected chi connectivity index (χ2v) is 4.40. The molecule has 0 aliphatic heterocycles. The van der Waals surface area contributed by atoms with E-state index in [1.165, 1.54) is 18.2 Å². The number of imidazole rings is 1. The van der Waals surface area contributed by atoms with Crippen molar-refractivity contribution in [1.29, 1.82) is 10.5 Å². The van der Waals surface area contributed by atoms with Crippen LogP contribution in [0.1, 0.15) is 11.1 Å². The Bertz CT molecular complexity index is 943. The first kappa shape index (κ1) is 12.6. The van der Waals surface area contributed by atoms with Crippen LogP contribution in [-0.2, 0) is 0 Å². The van der Waals surface area contributed by atoms with Gasteiger partial charge in [-0.3, -0.25) is 4.57 Å². The van der Waals surface area contributed by atoms with Gasteiger partial charge in [-0.25, -0.2) is 9.37 Å². The smallest absolute Gasteiger partial charge is 0.205 e. The molecule has 0 aliphatic rings. The highest BCUT2D eigenvalue weighted by atomic mass is 19.1. The number of aromatic nitrogens is 2. The Hall–Kier alpha value is -3.38. The van der Waals surface area contributed by atoms with Gasteiger partial charge in [0.15, 0.2) is 0 Å². The minimum atomic E-state index is -0.595. The van der Waals surface area contributed by atoms with Crippen molar-refractivity contribution in [2.45, 2.75) is 0 Å². The highest BCUT2D eigenvalue weighted by Gasteiger charge is 2.12. The fourth-order valence-corrected chi connectivity index (χ4v) is 2.17. The van der Waals surface area contributed by atoms with Gasteiger partial charge in [-0.15, -0.1) is 0 Å². The summed E-state index contributed by atoms with van der Waals surface area (Å²) >= 11 is 0. The maximum Gasteiger partial charge on any atom is 0.205 e. The van der Waals surface area contributed by atoms with E-state index in [1.807, 2.05) is 6.07 Å². The second kappa shape index (κ2) is 4.62. The van der Waals surface area contributed by atoms with Crippen LogP contribution in [0.5, 0.6) is 0 Å². The zero-order chi connectivity index (χ0) is 15.0. The van der Waals surface area contributed by atoms with Gasteiger partial charge >= 0.3 is 0 Å². The monoisotopic (exact) mass is 277 g/mol. The first-order valence-corrected chi connectivity index (χ1v) is 6.02. The number of halogens is 1. The molecule has 3 aromatic rings. The molecule has 0 unspecified atom stereocenters. The number of nitrogens with two attached hydrogens (primary N) is 1. The van der Waals surface area contributed by atoms with E-state index in [9.17, 15) is 4.39 Å². The van der Waals surface area contributed by atoms with Crippen molar-refractivity contribution in [1.82, 2.24) is 9.55 Å². The van der Waals surface area contributed by atoms with Crippen molar-refractivity contribution in [3.63, 3.8) is 0 Å². The predicted molar refractivity (Wildman–Crippen MR) is 74.9 cm³/mol. The summed E-state index contributed by atoms with van der Waals surface area (Å²) in [4.78, 5) is 4.20. The Kier molecular flexibility index (Phi) is 2.78. The highest BCUT2D eigenvalue weighted by molar-refractivity contribution is 5.82. The van der Waals surface area contributed by atoms with Crippen LogP contribution >= 0.6 is 0 Å². The highest BCUT2D eigenvalue weighted by Crippen LogP contribution is 2.25. The molecule has 6 heteroatoms. The van der Waals surface area contributed by atoms with Crippen LogP contribution in [0.15, 0.2) is 36.4 Å². The van der Waals surface area contributed by atoms with Crippen LogP contribution in [0.2, 0.25) is 0 Å². The van der Waals surface area contributed by atoms with Crippen LogP contribution in [0.4, 0.5) is 10.3 Å². The summed E-state index contributed by atoms with van der Waals surface area (Å²) in [6.07, 6.45) is 0. The van der Waals surface area contributed by atoms with E-state index in [-0.39, 0.29) is 11.5 Å². The molecular formula is C15H8FN5. The fraction of sp³-hybridized carbons (Fsp3) is 0. The Morgan fingerprint density at radius 2 is 1.90 bits per heavy atom. The van der Waals surface area contributed by atoms with E-state index in [2.05, 4.69) is 4.98 Å². The average Bonchev–Trinajstić information content (AvgIpc) is 2.82. The third-order valence-corrected chi connectivity index (χ3v) is 3.14. The lowest BCUT2D eigenvalue weighted by Crippen LogP contribution is -2.01. The Morgan fingerprint density at radius 3 is 2.62 bits per heavy atom. The van der Waals surface area contributed by atoms with Gasteiger partial charge in [0.25, 0.3) is 0 Å². The Morgan fingerprint density at radius 1 is 1.10 bits per heavy atom. The molecule has 0 bridgehead atoms. The largest absolute Gasteiger partial charge is 0.369 e. The third kappa shape index (κ3) is 1.96. The normalized spacial score (nSPS) is 10.2. The molecule has 1 heterocycles. The van der Waals surface area contributed by atoms with Gasteiger partial charge < -0.3 is 5.73 Å². The molecule has 100 valence electrons. The summed E-state index contributed by atoms with van der Waals surface area (Å²) in [5, 5.41) is 17.9. The van der Waals surface area contributed by atoms with Crippen molar-refractivity contribution < 1.29 is 4.39 Å². The van der Waals surface area contributed by atoms with Gasteiger partial charge in [-0.2, -0.15) is 10.5 Å². The molecule has 2 N–H and O–H groups in total. The van der Waals surface area contributed by atoms with E-state index in [0.717, 1.165) is 0 Å². The lowest BCUT2D eigenvalue weighted by atomic mass is 10.2. The summed E-state index contributed by atoms with van der Waals surface area (Å²) in [5.74, 6) is -0.391. The molecule has 21 heavy (non-hydrogen) atoms. The summed E-state index contributed by atoms with van der Waals surface area (Å²) in [6, 6.07) is 12.9. The lowest BCUT2D eigenvalue weighted by molar-refractivity contribution is 0.623. The van der Waals surface area contributed by atoms with E-state index in [0.29, 0.717) is 22.3 Å². The second-order valence-electron chi connectivity index (χ2n) is 4.40. The van der Waals surface area contributed by atoms with Crippen LogP contribution in [0, 0.1) is 28.5 Å². The number of benzene rings is 2. The number of rotatable bonds is 1. The minimum absolute atomic E-state index is 0.0785. The molecule has 0 saturated carbocycles. The lowest BCUT2D eigenvalue weighted by Gasteiger charge is -2.07. The van der Waals surface area contributed by atoms with E-state index >= 15 is 0 Å². The maximum absolute atomic E-state index is 13.4. The molecule has 0 amide bonds. The number of fused-ring (bicyclic) bond motifs is 1. The molecule has 1 aromatic heterocycles. The molecule has 0 spiro atoms. The number of nitrogen functional groups attached to an aromatic ring is 1. The van der Waals surface area contributed by atoms with E-state index < -0.39 is 5.82 Å². The molecular weight excluding hydrogens is 269 g/mol. The van der Waals surface area contributed by atoms with Crippen molar-refractivity contribution in [2.24, 2.45) is 0 Å². The van der Waals surface area contributed by atoms with E-state index in [4.69, 9.17) is 16.3 Å².